The van der Waals surface area contributed by atoms with Gasteiger partial charge in [-0.3, -0.25) is 0 Å². The van der Waals surface area contributed by atoms with Crippen LogP contribution in [0.5, 0.6) is 5.75 Å². The molecule has 0 spiro atoms. The van der Waals surface area contributed by atoms with Gasteiger partial charge < -0.3 is 15.2 Å². The molecule has 0 aliphatic heterocycles. The number of benzene rings is 1. The molecule has 0 amide bonds. The maximum Gasteiger partial charge on any atom is 0.121 e. The van der Waals surface area contributed by atoms with Crippen LogP contribution in [-0.4, -0.2) is 33.8 Å². The molecule has 0 unspecified atom stereocenters. The van der Waals surface area contributed by atoms with Crippen molar-refractivity contribution < 1.29 is 9.84 Å². The predicted molar refractivity (Wildman–Crippen MR) is 72.2 cm³/mol. The minimum atomic E-state index is 0.0634. The van der Waals surface area contributed by atoms with Gasteiger partial charge in [-0.25, -0.2) is 4.68 Å². The van der Waals surface area contributed by atoms with Gasteiger partial charge in [-0.05, 0) is 30.7 Å². The summed E-state index contributed by atoms with van der Waals surface area (Å²) in [5, 5.41) is 20.0. The van der Waals surface area contributed by atoms with Crippen molar-refractivity contribution in [3.63, 3.8) is 0 Å². The summed E-state index contributed by atoms with van der Waals surface area (Å²) in [7, 11) is 1.66. The van der Waals surface area contributed by atoms with Gasteiger partial charge in [0.2, 0.25) is 0 Å². The summed E-state index contributed by atoms with van der Waals surface area (Å²) in [6.07, 6.45) is 1.82. The van der Waals surface area contributed by atoms with E-state index in [-0.39, 0.29) is 6.61 Å². The number of aliphatic hydroxyl groups is 1. The molecule has 1 aromatic carbocycles. The number of anilines is 1. The van der Waals surface area contributed by atoms with Gasteiger partial charge in [-0.15, -0.1) is 5.10 Å². The van der Waals surface area contributed by atoms with Crippen LogP contribution in [0.3, 0.4) is 0 Å². The number of aromatic nitrogens is 3. The zero-order chi connectivity index (χ0) is 13.7. The van der Waals surface area contributed by atoms with Gasteiger partial charge in [-0.1, -0.05) is 5.21 Å². The molecule has 6 nitrogen and oxygen atoms in total. The van der Waals surface area contributed by atoms with E-state index in [0.29, 0.717) is 13.1 Å². The number of hydrogen-bond acceptors (Lipinski definition) is 5. The van der Waals surface area contributed by atoms with Crippen LogP contribution in [0, 0.1) is 6.92 Å². The zero-order valence-corrected chi connectivity index (χ0v) is 11.1. The summed E-state index contributed by atoms with van der Waals surface area (Å²) in [4.78, 5) is 0. The molecule has 19 heavy (non-hydrogen) atoms. The Labute approximate surface area is 112 Å². The van der Waals surface area contributed by atoms with E-state index >= 15 is 0 Å². The van der Waals surface area contributed by atoms with Gasteiger partial charge in [-0.2, -0.15) is 0 Å². The fourth-order valence-corrected chi connectivity index (χ4v) is 1.81. The first-order valence-corrected chi connectivity index (χ1v) is 6.11. The summed E-state index contributed by atoms with van der Waals surface area (Å²) in [6.45, 7) is 3.13. The van der Waals surface area contributed by atoms with Crippen molar-refractivity contribution in [3.8, 4) is 5.75 Å². The molecule has 1 heterocycles. The molecule has 1 aromatic heterocycles. The smallest absolute Gasteiger partial charge is 0.121 e. The summed E-state index contributed by atoms with van der Waals surface area (Å²) in [5.74, 6) is 0.874. The van der Waals surface area contributed by atoms with E-state index in [1.165, 1.54) is 0 Å². The largest absolute Gasteiger partial charge is 0.496 e. The Kier molecular flexibility index (Phi) is 4.35. The molecule has 2 N–H and O–H groups in total. The van der Waals surface area contributed by atoms with Gasteiger partial charge in [0.15, 0.2) is 0 Å². The molecular formula is C13H18N4O2. The highest BCUT2D eigenvalue weighted by molar-refractivity contribution is 5.50. The second kappa shape index (κ2) is 6.19. The molecule has 0 saturated heterocycles. The van der Waals surface area contributed by atoms with Crippen LogP contribution < -0.4 is 10.1 Å². The topological polar surface area (TPSA) is 72.2 Å². The van der Waals surface area contributed by atoms with Crippen molar-refractivity contribution in [3.05, 3.63) is 35.7 Å². The van der Waals surface area contributed by atoms with Crippen molar-refractivity contribution in [2.24, 2.45) is 0 Å². The average Bonchev–Trinajstić information content (AvgIpc) is 2.85. The molecule has 0 radical (unpaired) electrons. The van der Waals surface area contributed by atoms with Gasteiger partial charge >= 0.3 is 0 Å². The zero-order valence-electron chi connectivity index (χ0n) is 11.1. The third-order valence-electron chi connectivity index (χ3n) is 2.78. The van der Waals surface area contributed by atoms with Crippen LogP contribution in [0.15, 0.2) is 24.4 Å². The Morgan fingerprint density at radius 2 is 2.26 bits per heavy atom. The van der Waals surface area contributed by atoms with Gasteiger partial charge in [0.1, 0.15) is 11.4 Å². The molecule has 0 atom stereocenters. The van der Waals surface area contributed by atoms with Crippen molar-refractivity contribution in [1.29, 1.82) is 0 Å². The second-order valence-electron chi connectivity index (χ2n) is 4.23. The highest BCUT2D eigenvalue weighted by atomic mass is 16.5. The SMILES string of the molecule is COc1ccc(NCc2cn(CCO)nn2)cc1C. The Balaban J connectivity index is 1.95. The second-order valence-corrected chi connectivity index (χ2v) is 4.23. The summed E-state index contributed by atoms with van der Waals surface area (Å²) in [6, 6.07) is 5.92. The Bertz CT molecular complexity index is 539. The van der Waals surface area contributed by atoms with E-state index in [0.717, 1.165) is 22.7 Å². The number of methoxy groups -OCH3 is 1. The van der Waals surface area contributed by atoms with Crippen molar-refractivity contribution >= 4 is 5.69 Å². The lowest BCUT2D eigenvalue weighted by molar-refractivity contribution is 0.268. The maximum atomic E-state index is 8.80. The van der Waals surface area contributed by atoms with Crippen LogP contribution in [0.25, 0.3) is 0 Å². The number of nitrogens with one attached hydrogen (secondary N) is 1. The van der Waals surface area contributed by atoms with Crippen LogP contribution in [0.2, 0.25) is 0 Å². The van der Waals surface area contributed by atoms with E-state index in [1.807, 2.05) is 31.3 Å². The number of nitrogens with zero attached hydrogens (tertiary/aromatic N) is 3. The van der Waals surface area contributed by atoms with Crippen molar-refractivity contribution in [1.82, 2.24) is 15.0 Å². The lowest BCUT2D eigenvalue weighted by Crippen LogP contribution is -2.02. The molecule has 0 bridgehead atoms. The normalized spacial score (nSPS) is 10.5. The predicted octanol–water partition coefficient (Wildman–Crippen LogP) is 1.20. The molecule has 6 heteroatoms. The van der Waals surface area contributed by atoms with E-state index in [4.69, 9.17) is 9.84 Å². The Hall–Kier alpha value is -2.08. The molecule has 0 fully saturated rings. The van der Waals surface area contributed by atoms with Crippen LogP contribution >= 0.6 is 0 Å². The number of ether oxygens (including phenoxy) is 1. The quantitative estimate of drug-likeness (QED) is 0.818. The minimum absolute atomic E-state index is 0.0634. The third-order valence-corrected chi connectivity index (χ3v) is 2.78. The fourth-order valence-electron chi connectivity index (χ4n) is 1.81. The number of aryl methyl sites for hydroxylation is 1. The molecule has 0 aliphatic rings. The molecule has 2 rings (SSSR count). The van der Waals surface area contributed by atoms with Crippen LogP contribution in [0.4, 0.5) is 5.69 Å². The molecule has 102 valence electrons. The van der Waals surface area contributed by atoms with E-state index in [2.05, 4.69) is 15.6 Å². The van der Waals surface area contributed by atoms with E-state index < -0.39 is 0 Å². The number of hydrogen-bond donors (Lipinski definition) is 2. The molecule has 0 aliphatic carbocycles. The highest BCUT2D eigenvalue weighted by Gasteiger charge is 2.02. The fraction of sp³-hybridized carbons (Fsp3) is 0.385. The van der Waals surface area contributed by atoms with E-state index in [9.17, 15) is 0 Å². The number of aliphatic hydroxyl groups excluding tert-OH is 1. The van der Waals surface area contributed by atoms with Gasteiger partial charge in [0, 0.05) is 5.69 Å². The van der Waals surface area contributed by atoms with Gasteiger partial charge in [0.05, 0.1) is 33.0 Å². The highest BCUT2D eigenvalue weighted by Crippen LogP contribution is 2.21. The minimum Gasteiger partial charge on any atom is -0.496 e. The Morgan fingerprint density at radius 3 is 2.95 bits per heavy atom. The first kappa shape index (κ1) is 13.4. The Morgan fingerprint density at radius 1 is 1.42 bits per heavy atom. The monoisotopic (exact) mass is 262 g/mol. The molecule has 2 aromatic rings. The maximum absolute atomic E-state index is 8.80. The van der Waals surface area contributed by atoms with Gasteiger partial charge in [0.25, 0.3) is 0 Å². The lowest BCUT2D eigenvalue weighted by Gasteiger charge is -2.08. The van der Waals surface area contributed by atoms with Crippen molar-refractivity contribution in [2.75, 3.05) is 19.0 Å². The lowest BCUT2D eigenvalue weighted by atomic mass is 10.2. The van der Waals surface area contributed by atoms with Crippen LogP contribution in [0.1, 0.15) is 11.3 Å². The molecular weight excluding hydrogens is 244 g/mol. The van der Waals surface area contributed by atoms with E-state index in [1.54, 1.807) is 11.8 Å². The number of rotatable bonds is 6. The standard InChI is InChI=1S/C13H18N4O2/c1-10-7-11(3-4-13(10)19-2)14-8-12-9-17(5-6-18)16-15-12/h3-4,7,9,14,18H,5-6,8H2,1-2H3. The van der Waals surface area contributed by atoms with Crippen molar-refractivity contribution in [2.45, 2.75) is 20.0 Å². The first-order valence-electron chi connectivity index (χ1n) is 6.11. The van der Waals surface area contributed by atoms with Crippen LogP contribution in [-0.2, 0) is 13.1 Å². The summed E-state index contributed by atoms with van der Waals surface area (Å²) < 4.78 is 6.84. The summed E-state index contributed by atoms with van der Waals surface area (Å²) in [5.41, 5.74) is 2.92. The molecule has 0 saturated carbocycles. The first-order chi connectivity index (χ1) is 9.22. The third kappa shape index (κ3) is 3.45. The summed E-state index contributed by atoms with van der Waals surface area (Å²) >= 11 is 0. The average molecular weight is 262 g/mol.